The van der Waals surface area contributed by atoms with Crippen LogP contribution in [0, 0.1) is 24.0 Å². The highest BCUT2D eigenvalue weighted by Gasteiger charge is 2.37. The second-order valence-corrected chi connectivity index (χ2v) is 8.67. The minimum absolute atomic E-state index is 0.0293. The molecule has 1 atom stereocenters. The van der Waals surface area contributed by atoms with E-state index in [2.05, 4.69) is 15.5 Å². The molecule has 0 saturated heterocycles. The van der Waals surface area contributed by atoms with Gasteiger partial charge in [0, 0.05) is 17.3 Å². The number of amides is 1. The van der Waals surface area contributed by atoms with Crippen molar-refractivity contribution in [1.82, 2.24) is 5.32 Å². The summed E-state index contributed by atoms with van der Waals surface area (Å²) in [6, 6.07) is 7.88. The number of nitrogens with zero attached hydrogens (tertiary/aromatic N) is 1. The average molecular weight is 488 g/mol. The minimum atomic E-state index is -1.35. The summed E-state index contributed by atoms with van der Waals surface area (Å²) in [5, 5.41) is 6.29. The number of unbranched alkanes of at least 4 members (excludes halogenated alkanes) is 1. The number of thioether (sulfide) groups is 1. The molecule has 1 amide bonds. The summed E-state index contributed by atoms with van der Waals surface area (Å²) in [6.45, 7) is 11.4. The molecule has 2 aromatic rings. The zero-order valence-electron chi connectivity index (χ0n) is 19.0. The summed E-state index contributed by atoms with van der Waals surface area (Å²) in [5.41, 5.74) is 0.539. The third-order valence-corrected chi connectivity index (χ3v) is 6.41. The number of para-hydroxylation sites is 2. The molecule has 1 unspecified atom stereocenters. The normalized spacial score (nSPS) is 15.6. The molecule has 1 heterocycles. The van der Waals surface area contributed by atoms with Gasteiger partial charge in [-0.3, -0.25) is 4.79 Å². The molecule has 0 radical (unpaired) electrons. The van der Waals surface area contributed by atoms with E-state index in [1.165, 1.54) is 18.9 Å². The Kier molecular flexibility index (Phi) is 8.29. The number of allylic oxidation sites excluding steroid dienone is 2. The van der Waals surface area contributed by atoms with Crippen molar-refractivity contribution in [2.24, 2.45) is 0 Å². The Bertz CT molecular complexity index is 1200. The van der Waals surface area contributed by atoms with E-state index in [1.54, 1.807) is 31.2 Å². The Morgan fingerprint density at radius 1 is 1.21 bits per heavy atom. The topological polar surface area (TPSA) is 54.7 Å². The van der Waals surface area contributed by atoms with E-state index in [0.29, 0.717) is 40.0 Å². The Morgan fingerprint density at radius 3 is 2.59 bits per heavy atom. The number of halogens is 3. The van der Waals surface area contributed by atoms with Crippen LogP contribution in [-0.2, 0) is 4.79 Å². The predicted molar refractivity (Wildman–Crippen MR) is 128 cm³/mol. The first-order valence-corrected chi connectivity index (χ1v) is 11.6. The van der Waals surface area contributed by atoms with Crippen LogP contribution in [0.2, 0.25) is 0 Å². The van der Waals surface area contributed by atoms with Crippen LogP contribution >= 0.6 is 11.8 Å². The Labute approximate surface area is 200 Å². The van der Waals surface area contributed by atoms with Crippen LogP contribution in [0.1, 0.15) is 38.2 Å². The van der Waals surface area contributed by atoms with E-state index in [-0.39, 0.29) is 16.8 Å². The summed E-state index contributed by atoms with van der Waals surface area (Å²) in [4.78, 5) is 17.0. The van der Waals surface area contributed by atoms with Gasteiger partial charge in [0.2, 0.25) is 5.70 Å². The van der Waals surface area contributed by atoms with Gasteiger partial charge >= 0.3 is 0 Å². The van der Waals surface area contributed by atoms with Gasteiger partial charge in [0.05, 0.1) is 30.3 Å². The number of carbonyl (C=O) groups excluding carboxylic acids is 1. The highest BCUT2D eigenvalue weighted by molar-refractivity contribution is 8.03. The molecule has 0 spiro atoms. The second-order valence-electron chi connectivity index (χ2n) is 7.57. The highest BCUT2D eigenvalue weighted by Crippen LogP contribution is 2.43. The SMILES string of the molecule is [C-]#[N+]C1=C(SCCCC)NC(C)=C(C(=O)Nc2ccccc2OC)C1c1cc(F)c(F)cc1F. The summed E-state index contributed by atoms with van der Waals surface area (Å²) in [5.74, 6) is -4.40. The standard InChI is InChI=1S/C25H24F3N3O2S/c1-5-6-11-34-25-23(29-3)22(15-12-17(27)18(28)13-16(15)26)21(14(2)30-25)24(32)31-19-9-7-8-10-20(19)33-4/h7-10,12-13,22,30H,5-6,11H2,1-2,4H3,(H,31,32). The molecule has 2 N–H and O–H groups in total. The number of carbonyl (C=O) groups is 1. The van der Waals surface area contributed by atoms with Gasteiger partial charge in [0.1, 0.15) is 11.6 Å². The molecule has 34 heavy (non-hydrogen) atoms. The van der Waals surface area contributed by atoms with Crippen LogP contribution in [-0.4, -0.2) is 18.8 Å². The number of benzene rings is 2. The molecule has 0 saturated carbocycles. The van der Waals surface area contributed by atoms with Crippen molar-refractivity contribution in [2.45, 2.75) is 32.6 Å². The minimum Gasteiger partial charge on any atom is -0.495 e. The molecule has 0 aliphatic carbocycles. The quantitative estimate of drug-likeness (QED) is 0.259. The van der Waals surface area contributed by atoms with Gasteiger partial charge in [0.15, 0.2) is 11.6 Å². The van der Waals surface area contributed by atoms with Crippen molar-refractivity contribution >= 4 is 23.4 Å². The van der Waals surface area contributed by atoms with Crippen molar-refractivity contribution in [3.63, 3.8) is 0 Å². The van der Waals surface area contributed by atoms with E-state index in [9.17, 15) is 18.0 Å². The first-order valence-electron chi connectivity index (χ1n) is 10.6. The molecule has 5 nitrogen and oxygen atoms in total. The lowest BCUT2D eigenvalue weighted by molar-refractivity contribution is -0.113. The number of ether oxygens (including phenoxy) is 1. The number of rotatable bonds is 8. The molecular weight excluding hydrogens is 463 g/mol. The maximum absolute atomic E-state index is 14.9. The molecule has 1 aliphatic heterocycles. The summed E-state index contributed by atoms with van der Waals surface area (Å²) >= 11 is 1.37. The molecule has 9 heteroatoms. The molecule has 0 aromatic heterocycles. The first-order chi connectivity index (χ1) is 16.3. The number of methoxy groups -OCH3 is 1. The van der Waals surface area contributed by atoms with Gasteiger partial charge in [-0.1, -0.05) is 25.5 Å². The zero-order valence-corrected chi connectivity index (χ0v) is 19.8. The Hall–Kier alpha value is -3.38. The van der Waals surface area contributed by atoms with Crippen molar-refractivity contribution in [3.8, 4) is 5.75 Å². The van der Waals surface area contributed by atoms with Gasteiger partial charge in [-0.15, -0.1) is 11.8 Å². The fourth-order valence-electron chi connectivity index (χ4n) is 3.63. The molecule has 1 aliphatic rings. The number of hydrogen-bond acceptors (Lipinski definition) is 4. The molecule has 0 fully saturated rings. The molecule has 178 valence electrons. The van der Waals surface area contributed by atoms with E-state index in [4.69, 9.17) is 11.3 Å². The Morgan fingerprint density at radius 2 is 1.91 bits per heavy atom. The van der Waals surface area contributed by atoms with Crippen LogP contribution in [0.4, 0.5) is 18.9 Å². The van der Waals surface area contributed by atoms with E-state index < -0.39 is 29.3 Å². The van der Waals surface area contributed by atoms with Gasteiger partial charge in [0.25, 0.3) is 5.91 Å². The van der Waals surface area contributed by atoms with E-state index in [0.717, 1.165) is 12.8 Å². The van der Waals surface area contributed by atoms with E-state index in [1.807, 2.05) is 6.92 Å². The number of dihydropyridines is 1. The number of anilines is 1. The first kappa shape index (κ1) is 25.2. The third kappa shape index (κ3) is 5.23. The highest BCUT2D eigenvalue weighted by atomic mass is 32.2. The van der Waals surface area contributed by atoms with Crippen molar-refractivity contribution in [1.29, 1.82) is 0 Å². The molecule has 0 bridgehead atoms. The summed E-state index contributed by atoms with van der Waals surface area (Å²) < 4.78 is 48.1. The van der Waals surface area contributed by atoms with Gasteiger partial charge < -0.3 is 15.4 Å². The fourth-order valence-corrected chi connectivity index (χ4v) is 4.80. The van der Waals surface area contributed by atoms with Crippen LogP contribution in [0.5, 0.6) is 5.75 Å². The second kappa shape index (κ2) is 11.2. The van der Waals surface area contributed by atoms with E-state index >= 15 is 0 Å². The van der Waals surface area contributed by atoms with Gasteiger partial charge in [-0.05, 0) is 42.9 Å². The Balaban J connectivity index is 2.13. The summed E-state index contributed by atoms with van der Waals surface area (Å²) in [6.07, 6.45) is 1.82. The number of hydrogen-bond donors (Lipinski definition) is 2. The van der Waals surface area contributed by atoms with Crippen LogP contribution in [0.3, 0.4) is 0 Å². The average Bonchev–Trinajstić information content (AvgIpc) is 2.81. The smallest absolute Gasteiger partial charge is 0.253 e. The van der Waals surface area contributed by atoms with Gasteiger partial charge in [-0.25, -0.2) is 18.0 Å². The van der Waals surface area contributed by atoms with Gasteiger partial charge in [-0.2, -0.15) is 0 Å². The lowest BCUT2D eigenvalue weighted by Gasteiger charge is -2.30. The van der Waals surface area contributed by atoms with Crippen LogP contribution in [0.15, 0.2) is 58.4 Å². The van der Waals surface area contributed by atoms with Crippen molar-refractivity contribution in [3.05, 3.63) is 92.8 Å². The van der Waals surface area contributed by atoms with Crippen LogP contribution < -0.4 is 15.4 Å². The molecule has 3 rings (SSSR count). The largest absolute Gasteiger partial charge is 0.495 e. The maximum Gasteiger partial charge on any atom is 0.253 e. The molecule has 2 aromatic carbocycles. The lowest BCUT2D eigenvalue weighted by atomic mass is 9.84. The maximum atomic E-state index is 14.9. The lowest BCUT2D eigenvalue weighted by Crippen LogP contribution is -2.31. The zero-order chi connectivity index (χ0) is 24.8. The van der Waals surface area contributed by atoms with Crippen molar-refractivity contribution < 1.29 is 22.7 Å². The van der Waals surface area contributed by atoms with Crippen LogP contribution in [0.25, 0.3) is 4.85 Å². The van der Waals surface area contributed by atoms with Crippen molar-refractivity contribution in [2.75, 3.05) is 18.2 Å². The molecular formula is C25H24F3N3O2S. The summed E-state index contributed by atoms with van der Waals surface area (Å²) in [7, 11) is 1.46. The predicted octanol–water partition coefficient (Wildman–Crippen LogP) is 6.33. The number of nitrogens with one attached hydrogen (secondary N) is 2. The fraction of sp³-hybridized carbons (Fsp3) is 0.280. The third-order valence-electron chi connectivity index (χ3n) is 5.31. The monoisotopic (exact) mass is 487 g/mol.